The number of aromatic nitrogens is 5. The summed E-state index contributed by atoms with van der Waals surface area (Å²) in [5, 5.41) is 0. The molecule has 1 saturated heterocycles. The monoisotopic (exact) mass is 350 g/mol. The predicted octanol–water partition coefficient (Wildman–Crippen LogP) is 2.56. The van der Waals surface area contributed by atoms with Crippen LogP contribution in [0, 0.1) is 13.8 Å². The summed E-state index contributed by atoms with van der Waals surface area (Å²) in [6.07, 6.45) is 7.70. The number of aryl methyl sites for hydroxylation is 1. The van der Waals surface area contributed by atoms with Crippen LogP contribution < -0.4 is 10.5 Å². The highest BCUT2D eigenvalue weighted by Crippen LogP contribution is 2.27. The molecule has 0 aromatic carbocycles. The van der Waals surface area contributed by atoms with Crippen LogP contribution in [0.1, 0.15) is 35.8 Å². The Morgan fingerprint density at radius 3 is 2.81 bits per heavy atom. The van der Waals surface area contributed by atoms with Crippen LogP contribution in [0.2, 0.25) is 0 Å². The lowest BCUT2D eigenvalue weighted by molar-refractivity contribution is 0.491. The van der Waals surface area contributed by atoms with Crippen LogP contribution in [0.3, 0.4) is 0 Å². The van der Waals surface area contributed by atoms with Gasteiger partial charge in [-0.15, -0.1) is 0 Å². The number of anilines is 1. The molecular formula is C19H22N6O. The molecule has 0 saturated carbocycles. The fourth-order valence-corrected chi connectivity index (χ4v) is 3.40. The minimum atomic E-state index is -0.103. The maximum Gasteiger partial charge on any atom is 0.254 e. The van der Waals surface area contributed by atoms with E-state index in [2.05, 4.69) is 29.8 Å². The minimum Gasteiger partial charge on any atom is -0.356 e. The molecule has 0 amide bonds. The third-order valence-corrected chi connectivity index (χ3v) is 5.07. The van der Waals surface area contributed by atoms with E-state index in [1.165, 1.54) is 0 Å². The molecule has 1 aliphatic rings. The van der Waals surface area contributed by atoms with E-state index < -0.39 is 0 Å². The van der Waals surface area contributed by atoms with E-state index in [9.17, 15) is 4.79 Å². The van der Waals surface area contributed by atoms with E-state index in [0.717, 1.165) is 48.8 Å². The summed E-state index contributed by atoms with van der Waals surface area (Å²) in [6.45, 7) is 5.51. The lowest BCUT2D eigenvalue weighted by Gasteiger charge is -2.32. The molecule has 1 aliphatic heterocycles. The predicted molar refractivity (Wildman–Crippen MR) is 100 cm³/mol. The second-order valence-corrected chi connectivity index (χ2v) is 6.79. The second-order valence-electron chi connectivity index (χ2n) is 6.79. The summed E-state index contributed by atoms with van der Waals surface area (Å²) in [6, 6.07) is 3.96. The highest BCUT2D eigenvalue weighted by Gasteiger charge is 2.23. The molecule has 0 bridgehead atoms. The Hall–Kier alpha value is -2.96. The van der Waals surface area contributed by atoms with Crippen molar-refractivity contribution in [3.05, 3.63) is 58.2 Å². The number of imidazole rings is 1. The highest BCUT2D eigenvalue weighted by atomic mass is 16.1. The van der Waals surface area contributed by atoms with E-state index in [0.29, 0.717) is 17.3 Å². The molecule has 4 rings (SSSR count). The SMILES string of the molecule is Cc1nc(-c2ccc(N3CCCC(c4ncc[nH]4)C3)nc2)[nH]c(=O)c1C. The number of piperidine rings is 1. The Balaban J connectivity index is 1.55. The number of rotatable bonds is 3. The Kier molecular flexibility index (Phi) is 4.28. The van der Waals surface area contributed by atoms with E-state index in [1.807, 2.05) is 25.3 Å². The van der Waals surface area contributed by atoms with Crippen LogP contribution in [-0.2, 0) is 0 Å². The van der Waals surface area contributed by atoms with Crippen molar-refractivity contribution in [3.8, 4) is 11.4 Å². The molecule has 2 N–H and O–H groups in total. The summed E-state index contributed by atoms with van der Waals surface area (Å²) in [7, 11) is 0. The van der Waals surface area contributed by atoms with Gasteiger partial charge in [-0.1, -0.05) is 0 Å². The van der Waals surface area contributed by atoms with Crippen LogP contribution in [0.15, 0.2) is 35.5 Å². The van der Waals surface area contributed by atoms with Crippen LogP contribution in [0.4, 0.5) is 5.82 Å². The second kappa shape index (κ2) is 6.74. The van der Waals surface area contributed by atoms with Crippen molar-refractivity contribution in [2.24, 2.45) is 0 Å². The molecule has 134 valence electrons. The van der Waals surface area contributed by atoms with Crippen molar-refractivity contribution in [2.45, 2.75) is 32.6 Å². The van der Waals surface area contributed by atoms with Gasteiger partial charge in [-0.2, -0.15) is 0 Å². The zero-order chi connectivity index (χ0) is 18.1. The molecule has 0 aliphatic carbocycles. The van der Waals surface area contributed by atoms with Crippen molar-refractivity contribution in [2.75, 3.05) is 18.0 Å². The van der Waals surface area contributed by atoms with Crippen molar-refractivity contribution >= 4 is 5.82 Å². The van der Waals surface area contributed by atoms with Gasteiger partial charge < -0.3 is 14.9 Å². The van der Waals surface area contributed by atoms with Crippen molar-refractivity contribution in [3.63, 3.8) is 0 Å². The van der Waals surface area contributed by atoms with Crippen LogP contribution >= 0.6 is 0 Å². The summed E-state index contributed by atoms with van der Waals surface area (Å²) in [4.78, 5) is 33.8. The number of H-pyrrole nitrogens is 2. The first-order valence-corrected chi connectivity index (χ1v) is 8.90. The zero-order valence-electron chi connectivity index (χ0n) is 15.0. The fraction of sp³-hybridized carbons (Fsp3) is 0.368. The van der Waals surface area contributed by atoms with Gasteiger partial charge in [-0.25, -0.2) is 15.0 Å². The molecule has 1 atom stereocenters. The standard InChI is InChI=1S/C19H22N6O/c1-12-13(2)23-18(24-19(12)26)14-5-6-16(22-10-14)25-9-3-4-15(11-25)17-20-7-8-21-17/h5-8,10,15H,3-4,9,11H2,1-2H3,(H,20,21)(H,23,24,26). The first kappa shape index (κ1) is 16.5. The third-order valence-electron chi connectivity index (χ3n) is 5.07. The molecule has 7 nitrogen and oxygen atoms in total. The highest BCUT2D eigenvalue weighted by molar-refractivity contribution is 5.56. The molecule has 3 aromatic heterocycles. The molecule has 1 fully saturated rings. The van der Waals surface area contributed by atoms with Crippen LogP contribution in [0.5, 0.6) is 0 Å². The molecule has 1 unspecified atom stereocenters. The summed E-state index contributed by atoms with van der Waals surface area (Å²) in [5.41, 5.74) is 2.10. The van der Waals surface area contributed by atoms with Gasteiger partial charge in [0.1, 0.15) is 17.5 Å². The van der Waals surface area contributed by atoms with E-state index in [1.54, 1.807) is 19.3 Å². The smallest absolute Gasteiger partial charge is 0.254 e. The van der Waals surface area contributed by atoms with Gasteiger partial charge in [-0.3, -0.25) is 4.79 Å². The van der Waals surface area contributed by atoms with E-state index in [4.69, 9.17) is 0 Å². The zero-order valence-corrected chi connectivity index (χ0v) is 15.0. The molecule has 3 aromatic rings. The fourth-order valence-electron chi connectivity index (χ4n) is 3.40. The maximum absolute atomic E-state index is 12.0. The van der Waals surface area contributed by atoms with Gasteiger partial charge >= 0.3 is 0 Å². The summed E-state index contributed by atoms with van der Waals surface area (Å²) in [5.74, 6) is 2.95. The Labute approximate surface area is 151 Å². The Morgan fingerprint density at radius 1 is 1.23 bits per heavy atom. The van der Waals surface area contributed by atoms with Crippen LogP contribution in [0.25, 0.3) is 11.4 Å². The number of aromatic amines is 2. The lowest BCUT2D eigenvalue weighted by Crippen LogP contribution is -2.35. The molecule has 0 radical (unpaired) electrons. The normalized spacial score (nSPS) is 17.5. The average Bonchev–Trinajstić information content (AvgIpc) is 3.21. The molecule has 4 heterocycles. The van der Waals surface area contributed by atoms with Gasteiger partial charge in [-0.05, 0) is 38.8 Å². The van der Waals surface area contributed by atoms with Crippen molar-refractivity contribution < 1.29 is 0 Å². The Morgan fingerprint density at radius 2 is 2.12 bits per heavy atom. The number of hydrogen-bond acceptors (Lipinski definition) is 5. The average molecular weight is 350 g/mol. The first-order valence-electron chi connectivity index (χ1n) is 8.90. The van der Waals surface area contributed by atoms with Gasteiger partial charge in [0, 0.05) is 54.4 Å². The number of hydrogen-bond donors (Lipinski definition) is 2. The largest absolute Gasteiger partial charge is 0.356 e. The van der Waals surface area contributed by atoms with Gasteiger partial charge in [0.05, 0.1) is 0 Å². The van der Waals surface area contributed by atoms with Crippen LogP contribution in [-0.4, -0.2) is 38.0 Å². The lowest BCUT2D eigenvalue weighted by atomic mass is 9.97. The van der Waals surface area contributed by atoms with Gasteiger partial charge in [0.15, 0.2) is 0 Å². The number of pyridine rings is 1. The topological polar surface area (TPSA) is 90.6 Å². The maximum atomic E-state index is 12.0. The molecule has 26 heavy (non-hydrogen) atoms. The number of nitrogens with one attached hydrogen (secondary N) is 2. The molecule has 0 spiro atoms. The van der Waals surface area contributed by atoms with Crippen molar-refractivity contribution in [1.29, 1.82) is 0 Å². The summed E-state index contributed by atoms with van der Waals surface area (Å²) >= 11 is 0. The molecular weight excluding hydrogens is 328 g/mol. The van der Waals surface area contributed by atoms with Gasteiger partial charge in [0.25, 0.3) is 5.56 Å². The minimum absolute atomic E-state index is 0.103. The third kappa shape index (κ3) is 3.12. The summed E-state index contributed by atoms with van der Waals surface area (Å²) < 4.78 is 0. The first-order chi connectivity index (χ1) is 12.6. The van der Waals surface area contributed by atoms with Crippen molar-refractivity contribution in [1.82, 2.24) is 24.9 Å². The van der Waals surface area contributed by atoms with E-state index in [-0.39, 0.29) is 5.56 Å². The Bertz CT molecular complexity index is 945. The number of nitrogens with zero attached hydrogens (tertiary/aromatic N) is 4. The quantitative estimate of drug-likeness (QED) is 0.757. The van der Waals surface area contributed by atoms with Gasteiger partial charge in [0.2, 0.25) is 0 Å². The van der Waals surface area contributed by atoms with E-state index >= 15 is 0 Å². The molecule has 7 heteroatoms.